The third kappa shape index (κ3) is 3.34. The highest BCUT2D eigenvalue weighted by Crippen LogP contribution is 2.14. The normalized spacial score (nSPS) is 23.6. The Bertz CT molecular complexity index is 490. The van der Waals surface area contributed by atoms with Crippen LogP contribution in [0.3, 0.4) is 0 Å². The molecule has 0 bridgehead atoms. The fourth-order valence-electron chi connectivity index (χ4n) is 2.18. The van der Waals surface area contributed by atoms with Crippen LogP contribution in [0.1, 0.15) is 30.5 Å². The van der Waals surface area contributed by atoms with E-state index in [0.29, 0.717) is 13.0 Å². The molecule has 1 amide bonds. The highest BCUT2D eigenvalue weighted by molar-refractivity contribution is 5.82. The monoisotopic (exact) mass is 258 g/mol. The zero-order chi connectivity index (χ0) is 13.8. The molecule has 1 saturated heterocycles. The van der Waals surface area contributed by atoms with Crippen LogP contribution in [-0.2, 0) is 4.79 Å². The van der Waals surface area contributed by atoms with E-state index in [0.717, 1.165) is 11.1 Å². The molecule has 1 aliphatic heterocycles. The molecule has 3 atom stereocenters. The fourth-order valence-corrected chi connectivity index (χ4v) is 2.18. The Hall–Kier alpha value is -1.83. The van der Waals surface area contributed by atoms with Gasteiger partial charge in [-0.05, 0) is 31.0 Å². The number of terminal acetylenes is 1. The molecule has 4 nitrogen and oxygen atoms in total. The van der Waals surface area contributed by atoms with Gasteiger partial charge >= 0.3 is 0 Å². The Labute approximate surface area is 113 Å². The molecule has 2 rings (SSSR count). The van der Waals surface area contributed by atoms with Gasteiger partial charge in [-0.1, -0.05) is 18.1 Å². The van der Waals surface area contributed by atoms with Gasteiger partial charge in [0.25, 0.3) is 0 Å². The minimum Gasteiger partial charge on any atom is -0.392 e. The number of hydrogen-bond acceptors (Lipinski definition) is 3. The van der Waals surface area contributed by atoms with E-state index in [-0.39, 0.29) is 18.0 Å². The molecule has 1 heterocycles. The maximum atomic E-state index is 12.0. The van der Waals surface area contributed by atoms with Gasteiger partial charge < -0.3 is 15.7 Å². The van der Waals surface area contributed by atoms with Crippen molar-refractivity contribution in [3.63, 3.8) is 0 Å². The molecule has 0 aliphatic carbocycles. The smallest absolute Gasteiger partial charge is 0.237 e. The van der Waals surface area contributed by atoms with Crippen LogP contribution in [-0.4, -0.2) is 29.7 Å². The third-order valence-corrected chi connectivity index (χ3v) is 3.36. The van der Waals surface area contributed by atoms with Crippen molar-refractivity contribution in [3.8, 4) is 12.3 Å². The lowest BCUT2D eigenvalue weighted by Crippen LogP contribution is -2.41. The van der Waals surface area contributed by atoms with E-state index in [4.69, 9.17) is 6.42 Å². The summed E-state index contributed by atoms with van der Waals surface area (Å²) < 4.78 is 0. The standard InChI is InChI=1S/C15H18N2O2/c1-3-11-4-6-12(7-5-11)10(2)17-15(19)14-8-13(18)9-16-14/h1,4-7,10,13-14,16,18H,8-9H2,2H3,(H,17,19)/t10-,13?,14?/m0/s1. The van der Waals surface area contributed by atoms with Crippen molar-refractivity contribution in [2.24, 2.45) is 0 Å². The Kier molecular flexibility index (Phi) is 4.20. The van der Waals surface area contributed by atoms with Crippen molar-refractivity contribution in [2.45, 2.75) is 31.5 Å². The highest BCUT2D eigenvalue weighted by Gasteiger charge is 2.28. The predicted molar refractivity (Wildman–Crippen MR) is 73.3 cm³/mol. The number of hydrogen-bond donors (Lipinski definition) is 3. The van der Waals surface area contributed by atoms with Gasteiger partial charge in [0.1, 0.15) is 0 Å². The first-order chi connectivity index (χ1) is 9.10. The Morgan fingerprint density at radius 1 is 1.53 bits per heavy atom. The van der Waals surface area contributed by atoms with Gasteiger partial charge in [-0.25, -0.2) is 0 Å². The second kappa shape index (κ2) is 5.87. The highest BCUT2D eigenvalue weighted by atomic mass is 16.3. The van der Waals surface area contributed by atoms with Crippen molar-refractivity contribution < 1.29 is 9.90 Å². The van der Waals surface area contributed by atoms with E-state index in [1.54, 1.807) is 0 Å². The number of carbonyl (C=O) groups excluding carboxylic acids is 1. The molecule has 1 aliphatic rings. The quantitative estimate of drug-likeness (QED) is 0.695. The Morgan fingerprint density at radius 2 is 2.21 bits per heavy atom. The second-order valence-corrected chi connectivity index (χ2v) is 4.85. The van der Waals surface area contributed by atoms with Crippen molar-refractivity contribution in [1.29, 1.82) is 0 Å². The van der Waals surface area contributed by atoms with Gasteiger partial charge in [0.05, 0.1) is 18.2 Å². The number of nitrogens with one attached hydrogen (secondary N) is 2. The first-order valence-corrected chi connectivity index (χ1v) is 6.38. The summed E-state index contributed by atoms with van der Waals surface area (Å²) in [5, 5.41) is 15.3. The molecule has 0 aromatic heterocycles. The average Bonchev–Trinajstić information content (AvgIpc) is 2.85. The van der Waals surface area contributed by atoms with E-state index in [9.17, 15) is 9.90 Å². The van der Waals surface area contributed by atoms with Gasteiger partial charge in [0, 0.05) is 12.1 Å². The zero-order valence-electron chi connectivity index (χ0n) is 10.9. The molecule has 4 heteroatoms. The van der Waals surface area contributed by atoms with E-state index in [1.165, 1.54) is 0 Å². The molecule has 0 saturated carbocycles. The zero-order valence-corrected chi connectivity index (χ0v) is 10.9. The van der Waals surface area contributed by atoms with E-state index >= 15 is 0 Å². The van der Waals surface area contributed by atoms with Crippen LogP contribution < -0.4 is 10.6 Å². The third-order valence-electron chi connectivity index (χ3n) is 3.36. The molecule has 19 heavy (non-hydrogen) atoms. The van der Waals surface area contributed by atoms with E-state index in [1.807, 2.05) is 31.2 Å². The van der Waals surface area contributed by atoms with Crippen molar-refractivity contribution in [1.82, 2.24) is 10.6 Å². The van der Waals surface area contributed by atoms with Gasteiger partial charge in [-0.2, -0.15) is 0 Å². The minimum atomic E-state index is -0.430. The summed E-state index contributed by atoms with van der Waals surface area (Å²) in [6.45, 7) is 2.40. The number of carbonyl (C=O) groups is 1. The molecule has 1 aromatic carbocycles. The van der Waals surface area contributed by atoms with Crippen molar-refractivity contribution in [2.75, 3.05) is 6.54 Å². The predicted octanol–water partition coefficient (Wildman–Crippen LogP) is 0.568. The summed E-state index contributed by atoms with van der Waals surface area (Å²) in [6.07, 6.45) is 5.34. The summed E-state index contributed by atoms with van der Waals surface area (Å²) in [5.41, 5.74) is 1.83. The maximum absolute atomic E-state index is 12.0. The van der Waals surface area contributed by atoms with E-state index in [2.05, 4.69) is 16.6 Å². The van der Waals surface area contributed by atoms with Crippen LogP contribution in [0, 0.1) is 12.3 Å². The Morgan fingerprint density at radius 3 is 2.74 bits per heavy atom. The Balaban J connectivity index is 1.94. The summed E-state index contributed by atoms with van der Waals surface area (Å²) in [4.78, 5) is 12.0. The number of aliphatic hydroxyl groups excluding tert-OH is 1. The van der Waals surface area contributed by atoms with Gasteiger partial charge in [0.15, 0.2) is 0 Å². The number of amides is 1. The van der Waals surface area contributed by atoms with Crippen molar-refractivity contribution in [3.05, 3.63) is 35.4 Å². The lowest BCUT2D eigenvalue weighted by molar-refractivity contribution is -0.123. The number of β-amino-alcohol motifs (C(OH)–C–C–N with tert-alkyl or cyclic N) is 1. The molecule has 1 fully saturated rings. The number of aliphatic hydroxyl groups is 1. The topological polar surface area (TPSA) is 61.4 Å². The molecule has 0 spiro atoms. The molecule has 2 unspecified atom stereocenters. The summed E-state index contributed by atoms with van der Waals surface area (Å²) >= 11 is 0. The van der Waals surface area contributed by atoms with Gasteiger partial charge in [-0.3, -0.25) is 4.79 Å². The fraction of sp³-hybridized carbons (Fsp3) is 0.400. The second-order valence-electron chi connectivity index (χ2n) is 4.85. The average molecular weight is 258 g/mol. The molecule has 0 radical (unpaired) electrons. The molecule has 3 N–H and O–H groups in total. The van der Waals surface area contributed by atoms with Gasteiger partial charge in [-0.15, -0.1) is 6.42 Å². The van der Waals surface area contributed by atoms with Crippen LogP contribution in [0.25, 0.3) is 0 Å². The van der Waals surface area contributed by atoms with Crippen LogP contribution in [0.15, 0.2) is 24.3 Å². The number of benzene rings is 1. The number of rotatable bonds is 3. The first-order valence-electron chi connectivity index (χ1n) is 6.38. The largest absolute Gasteiger partial charge is 0.392 e. The maximum Gasteiger partial charge on any atom is 0.237 e. The SMILES string of the molecule is C#Cc1ccc([C@H](C)NC(=O)C2CC(O)CN2)cc1. The summed E-state index contributed by atoms with van der Waals surface area (Å²) in [6, 6.07) is 7.15. The van der Waals surface area contributed by atoms with Crippen LogP contribution in [0.4, 0.5) is 0 Å². The van der Waals surface area contributed by atoms with E-state index < -0.39 is 6.10 Å². The summed E-state index contributed by atoms with van der Waals surface area (Å²) in [7, 11) is 0. The molecule has 100 valence electrons. The molecular weight excluding hydrogens is 240 g/mol. The lowest BCUT2D eigenvalue weighted by Gasteiger charge is -2.17. The van der Waals surface area contributed by atoms with Gasteiger partial charge in [0.2, 0.25) is 5.91 Å². The van der Waals surface area contributed by atoms with Crippen LogP contribution in [0.2, 0.25) is 0 Å². The van der Waals surface area contributed by atoms with Crippen LogP contribution in [0.5, 0.6) is 0 Å². The minimum absolute atomic E-state index is 0.0786. The molecular formula is C15H18N2O2. The van der Waals surface area contributed by atoms with Crippen LogP contribution >= 0.6 is 0 Å². The van der Waals surface area contributed by atoms with Crippen molar-refractivity contribution >= 4 is 5.91 Å². The lowest BCUT2D eigenvalue weighted by atomic mass is 10.1. The summed E-state index contributed by atoms with van der Waals surface area (Å²) in [5.74, 6) is 2.48. The first kappa shape index (κ1) is 13.6. The molecule has 1 aromatic rings.